The topological polar surface area (TPSA) is 17.8 Å². The number of rotatable bonds is 5. The summed E-state index contributed by atoms with van der Waals surface area (Å²) in [4.78, 5) is 0.593. The molecule has 0 aliphatic heterocycles. The van der Waals surface area contributed by atoms with Crippen LogP contribution < -0.4 is 0 Å². The molecule has 1 aliphatic rings. The maximum absolute atomic E-state index is 4.79. The molecule has 0 amide bonds. The molecule has 1 heterocycles. The van der Waals surface area contributed by atoms with Gasteiger partial charge in [-0.15, -0.1) is 0 Å². The van der Waals surface area contributed by atoms with Gasteiger partial charge in [-0.1, -0.05) is 56.0 Å². The van der Waals surface area contributed by atoms with E-state index in [1.54, 1.807) is 0 Å². The summed E-state index contributed by atoms with van der Waals surface area (Å²) in [5.41, 5.74) is 1.62. The van der Waals surface area contributed by atoms with Crippen LogP contribution in [0.1, 0.15) is 77.5 Å². The highest BCUT2D eigenvalue weighted by molar-refractivity contribution is 9.09. The molecule has 1 aromatic heterocycles. The molecular weight excluding hydrogens is 312 g/mol. The molecule has 1 atom stereocenters. The quantitative estimate of drug-likeness (QED) is 0.645. The number of nitrogens with zero attached hydrogens (tertiary/aromatic N) is 2. The van der Waals surface area contributed by atoms with Crippen LogP contribution in [-0.2, 0) is 6.42 Å². The molecule has 2 nitrogen and oxygen atoms in total. The average Bonchev–Trinajstić information content (AvgIpc) is 2.87. The van der Waals surface area contributed by atoms with Crippen LogP contribution in [0.4, 0.5) is 0 Å². The lowest BCUT2D eigenvalue weighted by molar-refractivity contribution is 0.327. The predicted molar refractivity (Wildman–Crippen MR) is 89.5 cm³/mol. The van der Waals surface area contributed by atoms with E-state index >= 15 is 0 Å². The second-order valence-electron chi connectivity index (χ2n) is 7.30. The molecule has 1 aromatic rings. The van der Waals surface area contributed by atoms with Gasteiger partial charge < -0.3 is 0 Å². The molecule has 114 valence electrons. The van der Waals surface area contributed by atoms with E-state index in [9.17, 15) is 0 Å². The molecule has 1 unspecified atom stereocenters. The number of aryl methyl sites for hydroxylation is 1. The van der Waals surface area contributed by atoms with Crippen molar-refractivity contribution in [1.82, 2.24) is 9.78 Å². The zero-order valence-corrected chi connectivity index (χ0v) is 14.8. The zero-order valence-electron chi connectivity index (χ0n) is 13.2. The molecule has 3 heteroatoms. The monoisotopic (exact) mass is 340 g/mol. The Balaban J connectivity index is 1.78. The van der Waals surface area contributed by atoms with Crippen molar-refractivity contribution in [1.29, 1.82) is 0 Å². The number of halogens is 1. The zero-order chi connectivity index (χ0) is 14.6. The van der Waals surface area contributed by atoms with Gasteiger partial charge in [0.15, 0.2) is 0 Å². The first kappa shape index (κ1) is 16.1. The summed E-state index contributed by atoms with van der Waals surface area (Å²) in [6.07, 6.45) is 12.5. The third kappa shape index (κ3) is 4.61. The SMILES string of the molecule is CC(C)(C)C(Br)CCCc1ccn(C2CCCCC2)n1. The summed E-state index contributed by atoms with van der Waals surface area (Å²) in [6, 6.07) is 2.88. The average molecular weight is 341 g/mol. The van der Waals surface area contributed by atoms with E-state index in [0.29, 0.717) is 16.3 Å². The summed E-state index contributed by atoms with van der Waals surface area (Å²) < 4.78 is 2.23. The Kier molecular flexibility index (Phi) is 5.71. The Morgan fingerprint density at radius 2 is 2.00 bits per heavy atom. The molecule has 0 bridgehead atoms. The fourth-order valence-electron chi connectivity index (χ4n) is 2.96. The highest BCUT2D eigenvalue weighted by Crippen LogP contribution is 2.30. The Labute approximate surface area is 132 Å². The minimum absolute atomic E-state index is 0.349. The lowest BCUT2D eigenvalue weighted by atomic mass is 9.89. The van der Waals surface area contributed by atoms with Gasteiger partial charge in [0.25, 0.3) is 0 Å². The molecule has 2 rings (SSSR count). The smallest absolute Gasteiger partial charge is 0.0624 e. The van der Waals surface area contributed by atoms with Gasteiger partial charge in [-0.3, -0.25) is 4.68 Å². The van der Waals surface area contributed by atoms with Crippen LogP contribution >= 0.6 is 15.9 Å². The lowest BCUT2D eigenvalue weighted by Gasteiger charge is -2.25. The predicted octanol–water partition coefficient (Wildman–Crippen LogP) is 5.52. The van der Waals surface area contributed by atoms with E-state index < -0.39 is 0 Å². The first-order valence-electron chi connectivity index (χ1n) is 8.15. The van der Waals surface area contributed by atoms with E-state index in [-0.39, 0.29) is 0 Å². The summed E-state index contributed by atoms with van der Waals surface area (Å²) in [5.74, 6) is 0. The van der Waals surface area contributed by atoms with Crippen molar-refractivity contribution in [2.24, 2.45) is 5.41 Å². The molecule has 0 aromatic carbocycles. The number of aromatic nitrogens is 2. The van der Waals surface area contributed by atoms with Crippen LogP contribution in [-0.4, -0.2) is 14.6 Å². The third-order valence-corrected chi connectivity index (χ3v) is 6.27. The Bertz CT molecular complexity index is 399. The van der Waals surface area contributed by atoms with Gasteiger partial charge in [0.1, 0.15) is 0 Å². The van der Waals surface area contributed by atoms with E-state index in [1.165, 1.54) is 50.6 Å². The van der Waals surface area contributed by atoms with E-state index in [2.05, 4.69) is 53.6 Å². The summed E-state index contributed by atoms with van der Waals surface area (Å²) in [6.45, 7) is 6.89. The first-order chi connectivity index (χ1) is 9.47. The highest BCUT2D eigenvalue weighted by atomic mass is 79.9. The van der Waals surface area contributed by atoms with E-state index in [0.717, 1.165) is 6.42 Å². The fourth-order valence-corrected chi connectivity index (χ4v) is 3.28. The van der Waals surface area contributed by atoms with Crippen molar-refractivity contribution in [3.8, 4) is 0 Å². The summed E-state index contributed by atoms with van der Waals surface area (Å²) in [7, 11) is 0. The van der Waals surface area contributed by atoms with Gasteiger partial charge in [-0.05, 0) is 43.6 Å². The van der Waals surface area contributed by atoms with Gasteiger partial charge in [0.2, 0.25) is 0 Å². The Morgan fingerprint density at radius 3 is 2.65 bits per heavy atom. The van der Waals surface area contributed by atoms with Gasteiger partial charge in [-0.2, -0.15) is 5.10 Å². The minimum atomic E-state index is 0.349. The van der Waals surface area contributed by atoms with Crippen LogP contribution in [0.15, 0.2) is 12.3 Å². The van der Waals surface area contributed by atoms with Crippen LogP contribution in [0, 0.1) is 5.41 Å². The molecule has 0 N–H and O–H groups in total. The maximum Gasteiger partial charge on any atom is 0.0624 e. The van der Waals surface area contributed by atoms with Gasteiger partial charge >= 0.3 is 0 Å². The Morgan fingerprint density at radius 1 is 1.30 bits per heavy atom. The molecule has 0 radical (unpaired) electrons. The minimum Gasteiger partial charge on any atom is -0.269 e. The van der Waals surface area contributed by atoms with Gasteiger partial charge in [0.05, 0.1) is 11.7 Å². The van der Waals surface area contributed by atoms with Crippen LogP contribution in [0.3, 0.4) is 0 Å². The van der Waals surface area contributed by atoms with Crippen molar-refractivity contribution in [3.63, 3.8) is 0 Å². The first-order valence-corrected chi connectivity index (χ1v) is 9.06. The van der Waals surface area contributed by atoms with E-state index in [1.807, 2.05) is 0 Å². The number of hydrogen-bond acceptors (Lipinski definition) is 1. The summed E-state index contributed by atoms with van der Waals surface area (Å²) in [5, 5.41) is 4.79. The number of hydrogen-bond donors (Lipinski definition) is 0. The second kappa shape index (κ2) is 7.11. The lowest BCUT2D eigenvalue weighted by Crippen LogP contribution is -2.20. The van der Waals surface area contributed by atoms with Crippen molar-refractivity contribution < 1.29 is 0 Å². The van der Waals surface area contributed by atoms with Crippen molar-refractivity contribution in [2.45, 2.75) is 83.0 Å². The van der Waals surface area contributed by atoms with Crippen LogP contribution in [0.25, 0.3) is 0 Å². The molecule has 1 aliphatic carbocycles. The highest BCUT2D eigenvalue weighted by Gasteiger charge is 2.21. The molecule has 0 saturated heterocycles. The normalized spacial score (nSPS) is 19.2. The fraction of sp³-hybridized carbons (Fsp3) is 0.824. The van der Waals surface area contributed by atoms with Crippen molar-refractivity contribution in [3.05, 3.63) is 18.0 Å². The molecule has 1 saturated carbocycles. The van der Waals surface area contributed by atoms with Gasteiger partial charge in [0, 0.05) is 11.0 Å². The largest absolute Gasteiger partial charge is 0.269 e. The molecular formula is C17H29BrN2. The molecule has 1 fully saturated rings. The summed E-state index contributed by atoms with van der Waals surface area (Å²) >= 11 is 3.81. The number of alkyl halides is 1. The molecule has 0 spiro atoms. The standard InChI is InChI=1S/C17H29BrN2/c1-17(2,3)16(18)11-7-8-14-12-13-20(19-14)15-9-5-4-6-10-15/h12-13,15-16H,4-11H2,1-3H3. The van der Waals surface area contributed by atoms with Crippen molar-refractivity contribution >= 4 is 15.9 Å². The van der Waals surface area contributed by atoms with E-state index in [4.69, 9.17) is 5.10 Å². The molecule has 20 heavy (non-hydrogen) atoms. The van der Waals surface area contributed by atoms with Crippen LogP contribution in [0.5, 0.6) is 0 Å². The second-order valence-corrected chi connectivity index (χ2v) is 8.41. The maximum atomic E-state index is 4.79. The van der Waals surface area contributed by atoms with Crippen molar-refractivity contribution in [2.75, 3.05) is 0 Å². The Hall–Kier alpha value is -0.310. The van der Waals surface area contributed by atoms with Crippen LogP contribution in [0.2, 0.25) is 0 Å². The third-order valence-electron chi connectivity index (χ3n) is 4.44. The van der Waals surface area contributed by atoms with Gasteiger partial charge in [-0.25, -0.2) is 0 Å².